The summed E-state index contributed by atoms with van der Waals surface area (Å²) in [5.41, 5.74) is 3.22. The van der Waals surface area contributed by atoms with Gasteiger partial charge in [-0.3, -0.25) is 14.9 Å². The lowest BCUT2D eigenvalue weighted by Gasteiger charge is -2.05. The Morgan fingerprint density at radius 3 is 2.79 bits per heavy atom. The maximum atomic E-state index is 12.1. The van der Waals surface area contributed by atoms with Gasteiger partial charge in [0, 0.05) is 11.6 Å². The van der Waals surface area contributed by atoms with E-state index in [9.17, 15) is 20.0 Å². The van der Waals surface area contributed by atoms with E-state index in [1.54, 1.807) is 12.1 Å². The number of hydrogen-bond donors (Lipinski definition) is 2. The highest BCUT2D eigenvalue weighted by atomic mass is 16.6. The molecule has 0 saturated carbocycles. The molecule has 2 aromatic carbocycles. The summed E-state index contributed by atoms with van der Waals surface area (Å²) in [6.07, 6.45) is 1.37. The third kappa shape index (κ3) is 3.67. The Hall–Kier alpha value is -3.42. The van der Waals surface area contributed by atoms with Crippen LogP contribution in [-0.4, -0.2) is 29.3 Å². The number of phenols is 1. The van der Waals surface area contributed by atoms with E-state index in [1.165, 1.54) is 44.5 Å². The Labute approximate surface area is 137 Å². The second-order valence-electron chi connectivity index (χ2n) is 4.84. The molecule has 124 valence electrons. The van der Waals surface area contributed by atoms with Crippen molar-refractivity contribution in [2.45, 2.75) is 6.92 Å². The topological polar surface area (TPSA) is 114 Å². The number of hydrazone groups is 1. The van der Waals surface area contributed by atoms with Gasteiger partial charge in [-0.2, -0.15) is 5.10 Å². The molecule has 0 saturated heterocycles. The number of carbonyl (C=O) groups excluding carboxylic acids is 1. The fourth-order valence-corrected chi connectivity index (χ4v) is 2.07. The minimum Gasteiger partial charge on any atom is -0.504 e. The summed E-state index contributed by atoms with van der Waals surface area (Å²) in [4.78, 5) is 22.4. The maximum absolute atomic E-state index is 12.1. The Kier molecular flexibility index (Phi) is 5.10. The maximum Gasteiger partial charge on any atom is 0.273 e. The van der Waals surface area contributed by atoms with Gasteiger partial charge in [-0.15, -0.1) is 0 Å². The number of nitro benzene ring substituents is 1. The lowest BCUT2D eigenvalue weighted by atomic mass is 10.1. The van der Waals surface area contributed by atoms with Crippen LogP contribution in [0.2, 0.25) is 0 Å². The molecule has 0 unspecified atom stereocenters. The third-order valence-corrected chi connectivity index (χ3v) is 3.33. The van der Waals surface area contributed by atoms with Crippen molar-refractivity contribution in [3.8, 4) is 11.5 Å². The van der Waals surface area contributed by atoms with E-state index in [2.05, 4.69) is 10.5 Å². The number of phenolic OH excluding ortho intramolecular Hbond substituents is 1. The highest BCUT2D eigenvalue weighted by Crippen LogP contribution is 2.25. The summed E-state index contributed by atoms with van der Waals surface area (Å²) >= 11 is 0. The summed E-state index contributed by atoms with van der Waals surface area (Å²) in [5, 5.41) is 24.2. The van der Waals surface area contributed by atoms with Crippen LogP contribution in [0.5, 0.6) is 11.5 Å². The van der Waals surface area contributed by atoms with E-state index in [-0.39, 0.29) is 28.3 Å². The Balaban J connectivity index is 2.14. The van der Waals surface area contributed by atoms with Crippen LogP contribution in [0.4, 0.5) is 5.69 Å². The number of amides is 1. The van der Waals surface area contributed by atoms with Crippen LogP contribution in [-0.2, 0) is 0 Å². The quantitative estimate of drug-likeness (QED) is 0.496. The van der Waals surface area contributed by atoms with Crippen LogP contribution in [0.3, 0.4) is 0 Å². The molecule has 0 aromatic heterocycles. The van der Waals surface area contributed by atoms with Crippen LogP contribution in [0.25, 0.3) is 0 Å². The largest absolute Gasteiger partial charge is 0.504 e. The van der Waals surface area contributed by atoms with E-state index < -0.39 is 10.8 Å². The average molecular weight is 329 g/mol. The summed E-state index contributed by atoms with van der Waals surface area (Å²) in [5.74, 6) is -0.288. The van der Waals surface area contributed by atoms with E-state index >= 15 is 0 Å². The minimum absolute atomic E-state index is 0.00842. The van der Waals surface area contributed by atoms with Gasteiger partial charge in [-0.25, -0.2) is 5.43 Å². The highest BCUT2D eigenvalue weighted by molar-refractivity contribution is 5.97. The Morgan fingerprint density at radius 1 is 1.38 bits per heavy atom. The van der Waals surface area contributed by atoms with Crippen LogP contribution < -0.4 is 10.2 Å². The number of nitrogens with zero attached hydrogens (tertiary/aromatic N) is 2. The van der Waals surface area contributed by atoms with Crippen molar-refractivity contribution in [1.82, 2.24) is 5.43 Å². The lowest BCUT2D eigenvalue weighted by molar-refractivity contribution is -0.385. The molecule has 2 aromatic rings. The Bertz CT molecular complexity index is 817. The van der Waals surface area contributed by atoms with Crippen molar-refractivity contribution in [2.75, 3.05) is 7.11 Å². The standard InChI is InChI=1S/C16H15N3O5/c1-10-12(4-3-5-13(10)19(22)23)16(21)18-17-9-11-6-7-14(20)15(8-11)24-2/h3-9,20H,1-2H3,(H,18,21)/b17-9-. The van der Waals surface area contributed by atoms with Crippen LogP contribution in [0.1, 0.15) is 21.5 Å². The van der Waals surface area contributed by atoms with Gasteiger partial charge < -0.3 is 9.84 Å². The zero-order chi connectivity index (χ0) is 17.7. The van der Waals surface area contributed by atoms with Gasteiger partial charge in [0.25, 0.3) is 11.6 Å². The van der Waals surface area contributed by atoms with Crippen molar-refractivity contribution < 1.29 is 19.6 Å². The fourth-order valence-electron chi connectivity index (χ4n) is 2.07. The van der Waals surface area contributed by atoms with Crippen LogP contribution >= 0.6 is 0 Å². The average Bonchev–Trinajstić information content (AvgIpc) is 2.56. The first-order valence-corrected chi connectivity index (χ1v) is 6.88. The summed E-state index contributed by atoms with van der Waals surface area (Å²) in [7, 11) is 1.42. The smallest absolute Gasteiger partial charge is 0.273 e. The fraction of sp³-hybridized carbons (Fsp3) is 0.125. The van der Waals surface area contributed by atoms with Gasteiger partial charge in [-0.1, -0.05) is 6.07 Å². The van der Waals surface area contributed by atoms with E-state index in [0.29, 0.717) is 5.56 Å². The molecule has 24 heavy (non-hydrogen) atoms. The van der Waals surface area contributed by atoms with Gasteiger partial charge in [0.2, 0.25) is 0 Å². The molecule has 0 fully saturated rings. The predicted molar refractivity (Wildman–Crippen MR) is 87.6 cm³/mol. The number of nitrogens with one attached hydrogen (secondary N) is 1. The van der Waals surface area contributed by atoms with Gasteiger partial charge in [0.15, 0.2) is 11.5 Å². The summed E-state index contributed by atoms with van der Waals surface area (Å²) < 4.78 is 4.97. The van der Waals surface area contributed by atoms with Gasteiger partial charge in [0.1, 0.15) is 0 Å². The first-order valence-electron chi connectivity index (χ1n) is 6.88. The van der Waals surface area contributed by atoms with Crippen molar-refractivity contribution in [1.29, 1.82) is 0 Å². The third-order valence-electron chi connectivity index (χ3n) is 3.33. The number of ether oxygens (including phenoxy) is 1. The predicted octanol–water partition coefficient (Wildman–Crippen LogP) is 2.38. The lowest BCUT2D eigenvalue weighted by Crippen LogP contribution is -2.19. The molecule has 0 spiro atoms. The van der Waals surface area contributed by atoms with E-state index in [0.717, 1.165) is 0 Å². The first-order chi connectivity index (χ1) is 11.4. The highest BCUT2D eigenvalue weighted by Gasteiger charge is 2.17. The van der Waals surface area contributed by atoms with Crippen LogP contribution in [0.15, 0.2) is 41.5 Å². The normalized spacial score (nSPS) is 10.6. The molecule has 0 radical (unpaired) electrons. The zero-order valence-electron chi connectivity index (χ0n) is 13.0. The number of nitro groups is 1. The van der Waals surface area contributed by atoms with Gasteiger partial charge in [0.05, 0.1) is 23.8 Å². The summed E-state index contributed by atoms with van der Waals surface area (Å²) in [6.45, 7) is 1.50. The number of hydrogen-bond acceptors (Lipinski definition) is 6. The number of carbonyl (C=O) groups is 1. The molecule has 0 aliphatic heterocycles. The summed E-state index contributed by atoms with van der Waals surface area (Å²) in [6, 6.07) is 8.83. The number of benzene rings is 2. The molecule has 0 atom stereocenters. The molecular weight excluding hydrogens is 314 g/mol. The molecule has 8 nitrogen and oxygen atoms in total. The molecule has 8 heteroatoms. The first kappa shape index (κ1) is 16.9. The molecular formula is C16H15N3O5. The minimum atomic E-state index is -0.557. The van der Waals surface area contributed by atoms with Gasteiger partial charge >= 0.3 is 0 Å². The molecule has 0 heterocycles. The molecule has 2 N–H and O–H groups in total. The molecule has 0 bridgehead atoms. The van der Waals surface area contributed by atoms with Crippen molar-refractivity contribution in [3.05, 3.63) is 63.2 Å². The van der Waals surface area contributed by atoms with E-state index in [1.807, 2.05) is 0 Å². The SMILES string of the molecule is COc1cc(/C=N\NC(=O)c2cccc([N+](=O)[O-])c2C)ccc1O. The number of aromatic hydroxyl groups is 1. The number of rotatable bonds is 5. The van der Waals surface area contributed by atoms with Crippen molar-refractivity contribution in [2.24, 2.45) is 5.10 Å². The second kappa shape index (κ2) is 7.23. The zero-order valence-corrected chi connectivity index (χ0v) is 13.0. The monoisotopic (exact) mass is 329 g/mol. The van der Waals surface area contributed by atoms with E-state index in [4.69, 9.17) is 4.74 Å². The van der Waals surface area contributed by atoms with Gasteiger partial charge in [-0.05, 0) is 36.8 Å². The number of methoxy groups -OCH3 is 1. The molecule has 1 amide bonds. The molecule has 0 aliphatic carbocycles. The Morgan fingerprint density at radius 2 is 2.12 bits per heavy atom. The van der Waals surface area contributed by atoms with Crippen LogP contribution in [0, 0.1) is 17.0 Å². The van der Waals surface area contributed by atoms with Crippen molar-refractivity contribution >= 4 is 17.8 Å². The van der Waals surface area contributed by atoms with Crippen molar-refractivity contribution in [3.63, 3.8) is 0 Å². The molecule has 2 rings (SSSR count). The molecule has 0 aliphatic rings. The second-order valence-corrected chi connectivity index (χ2v) is 4.84.